The van der Waals surface area contributed by atoms with Gasteiger partial charge in [0, 0.05) is 19.7 Å². The molecule has 0 spiro atoms. The summed E-state index contributed by atoms with van der Waals surface area (Å²) in [7, 11) is 1.34. The van der Waals surface area contributed by atoms with Crippen LogP contribution in [-0.4, -0.2) is 37.9 Å². The van der Waals surface area contributed by atoms with Crippen LogP contribution in [0, 0.1) is 0 Å². The molecule has 17 heavy (non-hydrogen) atoms. The van der Waals surface area contributed by atoms with E-state index in [0.29, 0.717) is 0 Å². The van der Waals surface area contributed by atoms with Crippen molar-refractivity contribution in [2.75, 3.05) is 7.11 Å². The lowest BCUT2D eigenvalue weighted by Gasteiger charge is -2.32. The van der Waals surface area contributed by atoms with Crippen LogP contribution in [-0.2, 0) is 14.0 Å². The Morgan fingerprint density at radius 1 is 1.29 bits per heavy atom. The normalized spacial score (nSPS) is 30.5. The van der Waals surface area contributed by atoms with Gasteiger partial charge < -0.3 is 14.0 Å². The smallest absolute Gasteiger partial charge is 0.399 e. The molecule has 0 aliphatic carbocycles. The van der Waals surface area contributed by atoms with Gasteiger partial charge >= 0.3 is 7.12 Å². The van der Waals surface area contributed by atoms with Crippen LogP contribution >= 0.6 is 0 Å². The Bertz CT molecular complexity index is 347. The molecule has 1 fully saturated rings. The molecule has 0 amide bonds. The van der Waals surface area contributed by atoms with Crippen molar-refractivity contribution in [1.29, 1.82) is 0 Å². The molecule has 4 nitrogen and oxygen atoms in total. The van der Waals surface area contributed by atoms with Gasteiger partial charge in [0.05, 0.1) is 11.2 Å². The Hall–Kier alpha value is -0.645. The number of methoxy groups -OCH3 is 1. The second kappa shape index (κ2) is 4.23. The number of hydrogen-bond donors (Lipinski definition) is 0. The Balaban J connectivity index is 2.08. The van der Waals surface area contributed by atoms with E-state index in [4.69, 9.17) is 14.0 Å². The van der Waals surface area contributed by atoms with Gasteiger partial charge in [-0.25, -0.2) is 0 Å². The highest BCUT2D eigenvalue weighted by atomic mass is 16.7. The van der Waals surface area contributed by atoms with Crippen molar-refractivity contribution in [3.8, 4) is 0 Å². The SMILES string of the molecule is COC1CC=C(B2OC(C)(C)C(C)(C)O2)C=N1. The average Bonchev–Trinajstić information content (AvgIpc) is 2.48. The molecular formula is C12H20BNO3. The Morgan fingerprint density at radius 3 is 2.29 bits per heavy atom. The lowest BCUT2D eigenvalue weighted by molar-refractivity contribution is 0.00578. The summed E-state index contributed by atoms with van der Waals surface area (Å²) >= 11 is 0. The molecule has 2 rings (SSSR count). The first-order valence-corrected chi connectivity index (χ1v) is 5.97. The molecule has 5 heteroatoms. The summed E-state index contributed by atoms with van der Waals surface area (Å²) in [5.74, 6) is 0. The van der Waals surface area contributed by atoms with Crippen LogP contribution in [0.4, 0.5) is 0 Å². The van der Waals surface area contributed by atoms with Crippen molar-refractivity contribution >= 4 is 13.3 Å². The zero-order valence-corrected chi connectivity index (χ0v) is 11.2. The third-order valence-corrected chi connectivity index (χ3v) is 3.74. The van der Waals surface area contributed by atoms with Crippen LogP contribution in [0.25, 0.3) is 0 Å². The third kappa shape index (κ3) is 2.32. The molecule has 1 atom stereocenters. The zero-order chi connectivity index (χ0) is 12.7. The van der Waals surface area contributed by atoms with Crippen molar-refractivity contribution in [3.63, 3.8) is 0 Å². The van der Waals surface area contributed by atoms with E-state index in [1.807, 2.05) is 27.7 Å². The van der Waals surface area contributed by atoms with Gasteiger partial charge in [0.25, 0.3) is 0 Å². The summed E-state index contributed by atoms with van der Waals surface area (Å²) in [5.41, 5.74) is 0.381. The van der Waals surface area contributed by atoms with Gasteiger partial charge in [-0.3, -0.25) is 4.99 Å². The van der Waals surface area contributed by atoms with Gasteiger partial charge in [-0.15, -0.1) is 0 Å². The maximum atomic E-state index is 5.95. The van der Waals surface area contributed by atoms with E-state index in [0.717, 1.165) is 11.9 Å². The lowest BCUT2D eigenvalue weighted by Crippen LogP contribution is -2.41. The van der Waals surface area contributed by atoms with E-state index >= 15 is 0 Å². The Labute approximate surface area is 103 Å². The molecular weight excluding hydrogens is 217 g/mol. The van der Waals surface area contributed by atoms with E-state index in [1.165, 1.54) is 0 Å². The summed E-state index contributed by atoms with van der Waals surface area (Å²) in [6.45, 7) is 8.19. The molecule has 2 aliphatic heterocycles. The molecule has 0 aromatic carbocycles. The molecule has 94 valence electrons. The van der Waals surface area contributed by atoms with Gasteiger partial charge in [0.15, 0.2) is 6.23 Å². The van der Waals surface area contributed by atoms with Crippen LogP contribution in [0.15, 0.2) is 16.5 Å². The van der Waals surface area contributed by atoms with E-state index in [2.05, 4.69) is 11.1 Å². The van der Waals surface area contributed by atoms with Crippen molar-refractivity contribution in [3.05, 3.63) is 11.5 Å². The molecule has 0 aromatic rings. The van der Waals surface area contributed by atoms with E-state index in [1.54, 1.807) is 13.3 Å². The second-order valence-electron chi connectivity index (χ2n) is 5.50. The van der Waals surface area contributed by atoms with Crippen LogP contribution < -0.4 is 0 Å². The number of dihydropyridines is 1. The summed E-state index contributed by atoms with van der Waals surface area (Å²) in [5, 5.41) is 0. The van der Waals surface area contributed by atoms with Gasteiger partial charge in [-0.1, -0.05) is 6.08 Å². The second-order valence-corrected chi connectivity index (χ2v) is 5.50. The van der Waals surface area contributed by atoms with Crippen molar-refractivity contribution in [1.82, 2.24) is 0 Å². The summed E-state index contributed by atoms with van der Waals surface area (Å²) in [6, 6.07) is 0. The fourth-order valence-corrected chi connectivity index (χ4v) is 1.81. The maximum Gasteiger partial charge on any atom is 0.496 e. The number of nitrogens with zero attached hydrogens (tertiary/aromatic N) is 1. The van der Waals surface area contributed by atoms with Crippen molar-refractivity contribution in [2.24, 2.45) is 4.99 Å². The molecule has 1 saturated heterocycles. The molecule has 0 N–H and O–H groups in total. The topological polar surface area (TPSA) is 40.0 Å². The van der Waals surface area contributed by atoms with Crippen LogP contribution in [0.3, 0.4) is 0 Å². The molecule has 2 aliphatic rings. The number of aliphatic imine (C=N–C) groups is 1. The third-order valence-electron chi connectivity index (χ3n) is 3.74. The predicted molar refractivity (Wildman–Crippen MR) is 68.1 cm³/mol. The van der Waals surface area contributed by atoms with Crippen LogP contribution in [0.5, 0.6) is 0 Å². The zero-order valence-electron chi connectivity index (χ0n) is 11.2. The summed E-state index contributed by atoms with van der Waals surface area (Å²) < 4.78 is 17.1. The number of ether oxygens (including phenoxy) is 1. The molecule has 0 bridgehead atoms. The number of allylic oxidation sites excluding steroid dienone is 1. The highest BCUT2D eigenvalue weighted by Gasteiger charge is 2.52. The van der Waals surface area contributed by atoms with Crippen LogP contribution in [0.2, 0.25) is 0 Å². The number of rotatable bonds is 2. The van der Waals surface area contributed by atoms with Crippen LogP contribution in [0.1, 0.15) is 34.1 Å². The Morgan fingerprint density at radius 2 is 1.88 bits per heavy atom. The van der Waals surface area contributed by atoms with E-state index in [9.17, 15) is 0 Å². The number of hydrogen-bond acceptors (Lipinski definition) is 4. The standard InChI is InChI=1S/C12H20BNO3/c1-11(2)12(3,4)17-13(16-11)9-6-7-10(15-5)14-8-9/h6,8,10H,7H2,1-5H3. The molecule has 2 heterocycles. The average molecular weight is 237 g/mol. The van der Waals surface area contributed by atoms with E-state index < -0.39 is 0 Å². The van der Waals surface area contributed by atoms with E-state index in [-0.39, 0.29) is 24.5 Å². The largest absolute Gasteiger partial charge is 0.496 e. The maximum absolute atomic E-state index is 5.95. The Kier molecular flexibility index (Phi) is 3.18. The van der Waals surface area contributed by atoms with Gasteiger partial charge in [0.2, 0.25) is 0 Å². The highest BCUT2D eigenvalue weighted by molar-refractivity contribution is 6.60. The minimum Gasteiger partial charge on any atom is -0.399 e. The van der Waals surface area contributed by atoms with Crippen molar-refractivity contribution < 1.29 is 14.0 Å². The molecule has 0 aromatic heterocycles. The fourth-order valence-electron chi connectivity index (χ4n) is 1.81. The predicted octanol–water partition coefficient (Wildman–Crippen LogP) is 1.99. The summed E-state index contributed by atoms with van der Waals surface area (Å²) in [6.07, 6.45) is 4.57. The first-order valence-electron chi connectivity index (χ1n) is 5.97. The molecule has 1 unspecified atom stereocenters. The molecule has 0 radical (unpaired) electrons. The van der Waals surface area contributed by atoms with Gasteiger partial charge in [-0.05, 0) is 33.2 Å². The lowest BCUT2D eigenvalue weighted by atomic mass is 9.77. The molecule has 0 saturated carbocycles. The first kappa shape index (κ1) is 12.8. The highest BCUT2D eigenvalue weighted by Crippen LogP contribution is 2.38. The first-order chi connectivity index (χ1) is 7.86. The fraction of sp³-hybridized carbons (Fsp3) is 0.750. The minimum absolute atomic E-state index is 0.0684. The van der Waals surface area contributed by atoms with Crippen molar-refractivity contribution in [2.45, 2.75) is 51.5 Å². The van der Waals surface area contributed by atoms with Gasteiger partial charge in [-0.2, -0.15) is 0 Å². The summed E-state index contributed by atoms with van der Waals surface area (Å²) in [4.78, 5) is 4.29. The monoisotopic (exact) mass is 237 g/mol. The minimum atomic E-state index is -0.318. The van der Waals surface area contributed by atoms with Gasteiger partial charge in [0.1, 0.15) is 0 Å². The quantitative estimate of drug-likeness (QED) is 0.689.